The Hall–Kier alpha value is -3.11. The number of rotatable bonds is 6. The van der Waals surface area contributed by atoms with Gasteiger partial charge in [-0.25, -0.2) is 9.78 Å². The van der Waals surface area contributed by atoms with Crippen molar-refractivity contribution in [3.05, 3.63) is 51.4 Å². The number of methoxy groups -OCH3 is 1. The van der Waals surface area contributed by atoms with E-state index in [0.29, 0.717) is 17.7 Å². The molecule has 0 spiro atoms. The van der Waals surface area contributed by atoms with E-state index in [2.05, 4.69) is 16.0 Å². The molecule has 2 aromatic heterocycles. The van der Waals surface area contributed by atoms with E-state index in [1.807, 2.05) is 18.2 Å². The van der Waals surface area contributed by atoms with Crippen LogP contribution in [0.5, 0.6) is 5.75 Å². The standard InChI is InChI=1S/C21H28N6O4/c1-23-19-18(20(29)24(2)21(23)30)27(14-22-19)13-15(28)12-25-8-10-26(11-9-25)16-6-4-5-7-17(16)31-3/h4-7,14-15,28H,8-13H2,1-3H3/p+1/t15-/m0/s1. The number of aryl methyl sites for hydroxylation is 1. The molecule has 166 valence electrons. The van der Waals surface area contributed by atoms with Crippen molar-refractivity contribution in [1.29, 1.82) is 0 Å². The summed E-state index contributed by atoms with van der Waals surface area (Å²) in [6, 6.07) is 8.01. The zero-order valence-corrected chi connectivity index (χ0v) is 18.1. The maximum Gasteiger partial charge on any atom is 0.332 e. The van der Waals surface area contributed by atoms with Crippen LogP contribution in [-0.2, 0) is 20.6 Å². The van der Waals surface area contributed by atoms with Gasteiger partial charge in [-0.15, -0.1) is 0 Å². The van der Waals surface area contributed by atoms with Crippen molar-refractivity contribution < 1.29 is 14.7 Å². The lowest BCUT2D eigenvalue weighted by Crippen LogP contribution is -3.15. The summed E-state index contributed by atoms with van der Waals surface area (Å²) in [5, 5.41) is 10.7. The Kier molecular flexibility index (Phi) is 5.84. The largest absolute Gasteiger partial charge is 0.495 e. The Bertz CT molecular complexity index is 1190. The number of anilines is 1. The van der Waals surface area contributed by atoms with E-state index in [0.717, 1.165) is 42.2 Å². The minimum Gasteiger partial charge on any atom is -0.495 e. The monoisotopic (exact) mass is 429 g/mol. The van der Waals surface area contributed by atoms with Crippen LogP contribution in [0.1, 0.15) is 0 Å². The fourth-order valence-electron chi connectivity index (χ4n) is 4.32. The molecule has 10 heteroatoms. The Morgan fingerprint density at radius 3 is 2.58 bits per heavy atom. The highest BCUT2D eigenvalue weighted by molar-refractivity contribution is 5.69. The molecule has 0 aliphatic carbocycles. The first-order valence-corrected chi connectivity index (χ1v) is 10.4. The van der Waals surface area contributed by atoms with Crippen LogP contribution in [-0.4, -0.2) is 69.7 Å². The molecule has 10 nitrogen and oxygen atoms in total. The zero-order valence-electron chi connectivity index (χ0n) is 18.1. The summed E-state index contributed by atoms with van der Waals surface area (Å²) >= 11 is 0. The fraction of sp³-hybridized carbons (Fsp3) is 0.476. The summed E-state index contributed by atoms with van der Waals surface area (Å²) in [5.74, 6) is 0.869. The van der Waals surface area contributed by atoms with Crippen molar-refractivity contribution >= 4 is 16.9 Å². The van der Waals surface area contributed by atoms with Gasteiger partial charge >= 0.3 is 5.69 Å². The highest BCUT2D eigenvalue weighted by Gasteiger charge is 2.25. The van der Waals surface area contributed by atoms with Gasteiger partial charge in [-0.1, -0.05) is 12.1 Å². The SMILES string of the molecule is COc1ccccc1N1CC[NH+](C[C@H](O)Cn2cnc3c2c(=O)n(C)c(=O)n3C)CC1. The maximum atomic E-state index is 12.6. The average Bonchev–Trinajstić information content (AvgIpc) is 3.20. The molecule has 3 aromatic rings. The molecule has 0 unspecified atom stereocenters. The number of para-hydroxylation sites is 2. The molecule has 3 heterocycles. The second-order valence-electron chi connectivity index (χ2n) is 8.04. The number of hydrogen-bond donors (Lipinski definition) is 2. The molecule has 1 aromatic carbocycles. The van der Waals surface area contributed by atoms with Gasteiger partial charge in [0.15, 0.2) is 11.2 Å². The Morgan fingerprint density at radius 1 is 1.16 bits per heavy atom. The lowest BCUT2D eigenvalue weighted by atomic mass is 10.2. The maximum absolute atomic E-state index is 12.6. The number of aromatic nitrogens is 4. The average molecular weight is 430 g/mol. The van der Waals surface area contributed by atoms with Crippen LogP contribution in [0, 0.1) is 0 Å². The molecule has 2 N–H and O–H groups in total. The van der Waals surface area contributed by atoms with Crippen molar-refractivity contribution in [3.63, 3.8) is 0 Å². The van der Waals surface area contributed by atoms with E-state index in [1.54, 1.807) is 18.7 Å². The summed E-state index contributed by atoms with van der Waals surface area (Å²) in [6.45, 7) is 4.37. The minimum absolute atomic E-state index is 0.254. The van der Waals surface area contributed by atoms with Gasteiger partial charge in [0.25, 0.3) is 5.56 Å². The van der Waals surface area contributed by atoms with Gasteiger partial charge < -0.3 is 24.2 Å². The minimum atomic E-state index is -0.632. The molecule has 1 fully saturated rings. The number of quaternary nitrogens is 1. The zero-order chi connectivity index (χ0) is 22.1. The molecule has 31 heavy (non-hydrogen) atoms. The molecule has 0 saturated carbocycles. The summed E-state index contributed by atoms with van der Waals surface area (Å²) in [7, 11) is 4.72. The third-order valence-electron chi connectivity index (χ3n) is 6.05. The number of imidazole rings is 1. The van der Waals surface area contributed by atoms with E-state index in [4.69, 9.17) is 4.74 Å². The van der Waals surface area contributed by atoms with Crippen LogP contribution in [0.4, 0.5) is 5.69 Å². The van der Waals surface area contributed by atoms with E-state index >= 15 is 0 Å². The smallest absolute Gasteiger partial charge is 0.332 e. The second-order valence-corrected chi connectivity index (χ2v) is 8.04. The van der Waals surface area contributed by atoms with Gasteiger partial charge in [-0.3, -0.25) is 13.9 Å². The van der Waals surface area contributed by atoms with Crippen molar-refractivity contribution in [2.45, 2.75) is 12.6 Å². The number of piperazine rings is 1. The normalized spacial score (nSPS) is 16.1. The third-order valence-corrected chi connectivity index (χ3v) is 6.05. The van der Waals surface area contributed by atoms with E-state index in [9.17, 15) is 14.7 Å². The first-order valence-electron chi connectivity index (χ1n) is 10.4. The molecule has 1 saturated heterocycles. The molecular weight excluding hydrogens is 400 g/mol. The highest BCUT2D eigenvalue weighted by atomic mass is 16.5. The quantitative estimate of drug-likeness (QED) is 0.480. The van der Waals surface area contributed by atoms with Crippen LogP contribution in [0.2, 0.25) is 0 Å². The number of aliphatic hydroxyl groups excluding tert-OH is 1. The molecule has 1 aliphatic heterocycles. The van der Waals surface area contributed by atoms with Gasteiger partial charge in [-0.05, 0) is 12.1 Å². The summed E-state index contributed by atoms with van der Waals surface area (Å²) in [6.07, 6.45) is 0.885. The van der Waals surface area contributed by atoms with Crippen LogP contribution in [0.3, 0.4) is 0 Å². The van der Waals surface area contributed by atoms with Crippen molar-refractivity contribution in [2.24, 2.45) is 14.1 Å². The van der Waals surface area contributed by atoms with E-state index < -0.39 is 17.4 Å². The van der Waals surface area contributed by atoms with Crippen LogP contribution in [0.15, 0.2) is 40.2 Å². The molecule has 4 rings (SSSR count). The predicted octanol–water partition coefficient (Wildman–Crippen LogP) is -1.79. The van der Waals surface area contributed by atoms with Crippen molar-refractivity contribution in [3.8, 4) is 5.75 Å². The van der Waals surface area contributed by atoms with Gasteiger partial charge in [0.05, 0.1) is 51.8 Å². The molecule has 1 atom stereocenters. The number of fused-ring (bicyclic) bond motifs is 1. The molecule has 0 bridgehead atoms. The molecule has 0 amide bonds. The number of aliphatic hydroxyl groups is 1. The van der Waals surface area contributed by atoms with Gasteiger partial charge in [0, 0.05) is 14.1 Å². The fourth-order valence-corrected chi connectivity index (χ4v) is 4.32. The predicted molar refractivity (Wildman–Crippen MR) is 117 cm³/mol. The first-order chi connectivity index (χ1) is 14.9. The summed E-state index contributed by atoms with van der Waals surface area (Å²) in [4.78, 5) is 32.5. The number of benzene rings is 1. The van der Waals surface area contributed by atoms with E-state index in [-0.39, 0.29) is 6.54 Å². The Balaban J connectivity index is 1.41. The second kappa shape index (κ2) is 8.56. The molecule has 0 radical (unpaired) electrons. The summed E-state index contributed by atoms with van der Waals surface area (Å²) in [5.41, 5.74) is 0.940. The third kappa shape index (κ3) is 3.96. The highest BCUT2D eigenvalue weighted by Crippen LogP contribution is 2.27. The molecule has 1 aliphatic rings. The number of ether oxygens (including phenoxy) is 1. The number of nitrogens with one attached hydrogen (secondary N) is 1. The van der Waals surface area contributed by atoms with Crippen LogP contribution < -0.4 is 25.8 Å². The first kappa shape index (κ1) is 21.1. The van der Waals surface area contributed by atoms with E-state index in [1.165, 1.54) is 22.8 Å². The number of nitrogens with zero attached hydrogens (tertiary/aromatic N) is 5. The number of hydrogen-bond acceptors (Lipinski definition) is 6. The summed E-state index contributed by atoms with van der Waals surface area (Å²) < 4.78 is 9.53. The van der Waals surface area contributed by atoms with Crippen molar-refractivity contribution in [2.75, 3.05) is 44.7 Å². The Morgan fingerprint density at radius 2 is 1.87 bits per heavy atom. The van der Waals surface area contributed by atoms with Gasteiger partial charge in [0.1, 0.15) is 18.4 Å². The van der Waals surface area contributed by atoms with Crippen LogP contribution >= 0.6 is 0 Å². The van der Waals surface area contributed by atoms with Crippen molar-refractivity contribution in [1.82, 2.24) is 18.7 Å². The van der Waals surface area contributed by atoms with Gasteiger partial charge in [0.2, 0.25) is 0 Å². The van der Waals surface area contributed by atoms with Gasteiger partial charge in [-0.2, -0.15) is 0 Å². The lowest BCUT2D eigenvalue weighted by molar-refractivity contribution is -0.903. The Labute approximate surface area is 179 Å². The topological polar surface area (TPSA) is 99.0 Å². The lowest BCUT2D eigenvalue weighted by Gasteiger charge is -2.35. The van der Waals surface area contributed by atoms with Crippen LogP contribution in [0.25, 0.3) is 11.2 Å². The molecular formula is C21H29N6O4+.